The minimum atomic E-state index is -0.325. The van der Waals surface area contributed by atoms with Crippen LogP contribution in [-0.2, 0) is 5.41 Å². The Balaban J connectivity index is 1.14. The number of nitrogens with zero attached hydrogens (tertiary/aromatic N) is 1. The lowest BCUT2D eigenvalue weighted by Crippen LogP contribution is -2.22. The first-order valence-corrected chi connectivity index (χ1v) is 19.3. The Hall–Kier alpha value is -7.16. The van der Waals surface area contributed by atoms with E-state index in [1.807, 2.05) is 0 Å². The first-order valence-electron chi connectivity index (χ1n) is 19.3. The van der Waals surface area contributed by atoms with Crippen LogP contribution in [0, 0.1) is 0 Å². The van der Waals surface area contributed by atoms with Gasteiger partial charge >= 0.3 is 0 Å². The van der Waals surface area contributed by atoms with Crippen LogP contribution in [0.1, 0.15) is 23.6 Å². The minimum absolute atomic E-state index is 0.325. The summed E-state index contributed by atoms with van der Waals surface area (Å²) in [5.74, 6) is 0. The Labute approximate surface area is 326 Å². The molecule has 0 radical (unpaired) electrons. The summed E-state index contributed by atoms with van der Waals surface area (Å²) in [5, 5.41) is 4.55. The van der Waals surface area contributed by atoms with Gasteiger partial charge in [-0.2, -0.15) is 0 Å². The molecule has 1 aliphatic rings. The second-order valence-electron chi connectivity index (χ2n) is 15.0. The number of fused-ring (bicyclic) bond motifs is 8. The Morgan fingerprint density at radius 1 is 0.393 bits per heavy atom. The summed E-state index contributed by atoms with van der Waals surface area (Å²) in [5.41, 5.74) is 15.8. The molecule has 0 saturated heterocycles. The van der Waals surface area contributed by atoms with Gasteiger partial charge in [0, 0.05) is 44.1 Å². The van der Waals surface area contributed by atoms with Crippen molar-refractivity contribution in [2.45, 2.75) is 12.3 Å². The van der Waals surface area contributed by atoms with Crippen LogP contribution in [0.4, 0.5) is 17.1 Å². The number of furan rings is 1. The molecule has 1 aromatic heterocycles. The fourth-order valence-corrected chi connectivity index (χ4v) is 9.20. The van der Waals surface area contributed by atoms with Crippen molar-refractivity contribution in [3.8, 4) is 33.4 Å². The molecule has 1 unspecified atom stereocenters. The van der Waals surface area contributed by atoms with Crippen molar-refractivity contribution >= 4 is 49.8 Å². The second-order valence-corrected chi connectivity index (χ2v) is 15.0. The van der Waals surface area contributed by atoms with E-state index in [4.69, 9.17) is 4.42 Å². The van der Waals surface area contributed by atoms with Crippen LogP contribution in [0.15, 0.2) is 211 Å². The van der Waals surface area contributed by atoms with Gasteiger partial charge in [-0.05, 0) is 87.7 Å². The van der Waals surface area contributed by atoms with Gasteiger partial charge in [-0.1, -0.05) is 170 Å². The van der Waals surface area contributed by atoms with E-state index in [1.165, 1.54) is 44.3 Å². The van der Waals surface area contributed by atoms with Gasteiger partial charge in [0.25, 0.3) is 0 Å². The fourth-order valence-electron chi connectivity index (χ4n) is 9.20. The highest BCUT2D eigenvalue weighted by atomic mass is 16.3. The zero-order valence-electron chi connectivity index (χ0n) is 31.0. The topological polar surface area (TPSA) is 16.4 Å². The maximum atomic E-state index is 6.92. The molecule has 1 aliphatic carbocycles. The minimum Gasteiger partial charge on any atom is -0.455 e. The molecule has 1 atom stereocenters. The van der Waals surface area contributed by atoms with E-state index >= 15 is 0 Å². The Kier molecular flexibility index (Phi) is 7.33. The van der Waals surface area contributed by atoms with Gasteiger partial charge in [0.2, 0.25) is 0 Å². The lowest BCUT2D eigenvalue weighted by molar-refractivity contribution is 0.674. The number of benzene rings is 9. The molecule has 264 valence electrons. The van der Waals surface area contributed by atoms with Crippen molar-refractivity contribution in [2.75, 3.05) is 4.90 Å². The highest BCUT2D eigenvalue weighted by molar-refractivity contribution is 6.17. The van der Waals surface area contributed by atoms with Crippen molar-refractivity contribution < 1.29 is 4.42 Å². The molecule has 2 nitrogen and oxygen atoms in total. The largest absolute Gasteiger partial charge is 0.455 e. The van der Waals surface area contributed by atoms with Gasteiger partial charge in [0.15, 0.2) is 0 Å². The van der Waals surface area contributed by atoms with Crippen LogP contribution in [0.25, 0.3) is 66.1 Å². The molecule has 0 N–H and O–H groups in total. The zero-order chi connectivity index (χ0) is 37.2. The van der Waals surface area contributed by atoms with Gasteiger partial charge in [-0.3, -0.25) is 0 Å². The third-order valence-electron chi connectivity index (χ3n) is 12.0. The van der Waals surface area contributed by atoms with Crippen LogP contribution in [0.3, 0.4) is 0 Å². The molecule has 10 aromatic rings. The average molecular weight is 716 g/mol. The predicted octanol–water partition coefficient (Wildman–Crippen LogP) is 14.9. The maximum absolute atomic E-state index is 6.92. The summed E-state index contributed by atoms with van der Waals surface area (Å²) in [4.78, 5) is 2.43. The third-order valence-corrected chi connectivity index (χ3v) is 12.0. The molecule has 9 aromatic carbocycles. The Morgan fingerprint density at radius 3 is 1.84 bits per heavy atom. The van der Waals surface area contributed by atoms with E-state index in [9.17, 15) is 0 Å². The van der Waals surface area contributed by atoms with E-state index in [0.717, 1.165) is 55.5 Å². The van der Waals surface area contributed by atoms with Gasteiger partial charge in [0.05, 0.1) is 5.69 Å². The first-order chi connectivity index (χ1) is 27.7. The lowest BCUT2D eigenvalue weighted by Gasteiger charge is -2.31. The van der Waals surface area contributed by atoms with Crippen LogP contribution in [-0.4, -0.2) is 0 Å². The molecule has 2 heteroatoms. The van der Waals surface area contributed by atoms with Crippen molar-refractivity contribution in [1.82, 2.24) is 0 Å². The van der Waals surface area contributed by atoms with E-state index in [-0.39, 0.29) is 5.41 Å². The lowest BCUT2D eigenvalue weighted by atomic mass is 9.74. The van der Waals surface area contributed by atoms with E-state index < -0.39 is 0 Å². The molecule has 0 fully saturated rings. The molecule has 0 saturated carbocycles. The monoisotopic (exact) mass is 715 g/mol. The molecule has 1 heterocycles. The molecule has 0 spiro atoms. The van der Waals surface area contributed by atoms with Crippen molar-refractivity contribution in [3.05, 3.63) is 223 Å². The summed E-state index contributed by atoms with van der Waals surface area (Å²) in [6.45, 7) is 2.38. The van der Waals surface area contributed by atoms with Gasteiger partial charge < -0.3 is 9.32 Å². The number of hydrogen-bond donors (Lipinski definition) is 0. The summed E-state index contributed by atoms with van der Waals surface area (Å²) >= 11 is 0. The molecule has 0 amide bonds. The molecule has 0 bridgehead atoms. The summed E-state index contributed by atoms with van der Waals surface area (Å²) in [6.07, 6.45) is 0. The zero-order valence-corrected chi connectivity index (χ0v) is 31.0. The highest BCUT2D eigenvalue weighted by Gasteiger charge is 2.41. The van der Waals surface area contributed by atoms with Crippen LogP contribution < -0.4 is 4.90 Å². The molecule has 0 aliphatic heterocycles. The third kappa shape index (κ3) is 4.89. The van der Waals surface area contributed by atoms with E-state index in [2.05, 4.69) is 218 Å². The van der Waals surface area contributed by atoms with E-state index in [1.54, 1.807) is 0 Å². The number of rotatable bonds is 6. The van der Waals surface area contributed by atoms with Crippen molar-refractivity contribution in [3.63, 3.8) is 0 Å². The van der Waals surface area contributed by atoms with Crippen molar-refractivity contribution in [2.24, 2.45) is 0 Å². The molecule has 11 rings (SSSR count). The fraction of sp³-hybridized carbons (Fsp3) is 0.0370. The summed E-state index contributed by atoms with van der Waals surface area (Å²) in [7, 11) is 0. The standard InChI is InChI=1S/C54H37NO/c1-54(39-18-6-3-7-19-39)49-25-12-10-21-43(49)44-34-32-41(35-50(44)54)55(40-30-27-37(28-31-40)36-15-4-2-5-16-36)51-26-13-11-22-45(51)46-23-14-24-47-48-33-29-38-17-8-9-20-42(38)52(48)56-53(46)47/h2-35H,1H3. The molecular weight excluding hydrogens is 679 g/mol. The van der Waals surface area contributed by atoms with Crippen LogP contribution in [0.5, 0.6) is 0 Å². The quantitative estimate of drug-likeness (QED) is 0.170. The average Bonchev–Trinajstić information content (AvgIpc) is 3.78. The Morgan fingerprint density at radius 2 is 1.00 bits per heavy atom. The molecular formula is C54H37NO. The smallest absolute Gasteiger partial charge is 0.143 e. The highest BCUT2D eigenvalue weighted by Crippen LogP contribution is 2.54. The Bertz CT molecular complexity index is 3090. The maximum Gasteiger partial charge on any atom is 0.143 e. The van der Waals surface area contributed by atoms with E-state index in [0.29, 0.717) is 0 Å². The SMILES string of the molecule is CC1(c2ccccc2)c2ccccc2-c2ccc(N(c3ccc(-c4ccccc4)cc3)c3ccccc3-c3cccc4c3oc3c5ccccc5ccc43)cc21. The number of hydrogen-bond acceptors (Lipinski definition) is 2. The van der Waals surface area contributed by atoms with Crippen LogP contribution in [0.2, 0.25) is 0 Å². The number of anilines is 3. The van der Waals surface area contributed by atoms with Gasteiger partial charge in [-0.25, -0.2) is 0 Å². The molecule has 56 heavy (non-hydrogen) atoms. The summed E-state index contributed by atoms with van der Waals surface area (Å²) in [6, 6.07) is 74.7. The van der Waals surface area contributed by atoms with Crippen molar-refractivity contribution in [1.29, 1.82) is 0 Å². The normalized spacial score (nSPS) is 14.6. The van der Waals surface area contributed by atoms with Gasteiger partial charge in [-0.15, -0.1) is 0 Å². The summed E-state index contributed by atoms with van der Waals surface area (Å²) < 4.78 is 6.92. The number of para-hydroxylation sites is 2. The predicted molar refractivity (Wildman–Crippen MR) is 234 cm³/mol. The second kappa shape index (κ2) is 12.7. The first kappa shape index (κ1) is 32.3. The van der Waals surface area contributed by atoms with Gasteiger partial charge in [0.1, 0.15) is 11.2 Å². The van der Waals surface area contributed by atoms with Crippen LogP contribution >= 0.6 is 0 Å².